The van der Waals surface area contributed by atoms with Gasteiger partial charge in [-0.25, -0.2) is 0 Å². The Labute approximate surface area is 186 Å². The highest BCUT2D eigenvalue weighted by atomic mass is 16.5. The minimum atomic E-state index is -0.0779. The minimum absolute atomic E-state index is 0.0779. The van der Waals surface area contributed by atoms with Crippen LogP contribution in [0.15, 0.2) is 0 Å². The summed E-state index contributed by atoms with van der Waals surface area (Å²) in [7, 11) is 0. The van der Waals surface area contributed by atoms with Crippen molar-refractivity contribution in [1.29, 1.82) is 0 Å². The number of carbonyl (C=O) groups excluding carboxylic acids is 2. The summed E-state index contributed by atoms with van der Waals surface area (Å²) in [5, 5.41) is 0. The number of esters is 2. The summed E-state index contributed by atoms with van der Waals surface area (Å²) in [5.41, 5.74) is 0. The zero-order valence-corrected chi connectivity index (χ0v) is 20.7. The Morgan fingerprint density at radius 1 is 0.533 bits per heavy atom. The van der Waals surface area contributed by atoms with Crippen LogP contribution in [0.2, 0.25) is 0 Å². The van der Waals surface area contributed by atoms with Gasteiger partial charge in [0.15, 0.2) is 0 Å². The van der Waals surface area contributed by atoms with E-state index in [0.29, 0.717) is 32.0 Å². The average molecular weight is 427 g/mol. The summed E-state index contributed by atoms with van der Waals surface area (Å²) in [6, 6.07) is 0. The molecule has 0 rings (SSSR count). The van der Waals surface area contributed by atoms with Gasteiger partial charge in [-0.3, -0.25) is 9.59 Å². The van der Waals surface area contributed by atoms with E-state index in [2.05, 4.69) is 34.6 Å². The molecule has 0 fully saturated rings. The van der Waals surface area contributed by atoms with Crippen LogP contribution in [0.3, 0.4) is 0 Å². The first-order valence-corrected chi connectivity index (χ1v) is 12.6. The molecule has 0 aromatic heterocycles. The zero-order valence-electron chi connectivity index (χ0n) is 20.7. The Balaban J connectivity index is 3.48. The highest BCUT2D eigenvalue weighted by Gasteiger charge is 2.08. The molecule has 0 heterocycles. The predicted octanol–water partition coefficient (Wildman–Crippen LogP) is 7.48. The van der Waals surface area contributed by atoms with Crippen LogP contribution in [-0.4, -0.2) is 25.2 Å². The molecule has 0 radical (unpaired) electrons. The maximum atomic E-state index is 11.8. The molecule has 0 saturated carbocycles. The van der Waals surface area contributed by atoms with Crippen LogP contribution in [0.25, 0.3) is 0 Å². The SMILES string of the molecule is CC(C)CCCCCCC(=O)OCCC(C)CCOC(=O)CCCCCCC(C)C. The highest BCUT2D eigenvalue weighted by Crippen LogP contribution is 2.13. The summed E-state index contributed by atoms with van der Waals surface area (Å²) in [6.45, 7) is 12.1. The van der Waals surface area contributed by atoms with Crippen molar-refractivity contribution < 1.29 is 19.1 Å². The normalized spacial score (nSPS) is 11.5. The molecule has 0 unspecified atom stereocenters. The molecule has 0 atom stereocenters. The molecule has 0 aromatic rings. The molecular formula is C26H50O4. The molecule has 0 aromatic carbocycles. The van der Waals surface area contributed by atoms with Crippen LogP contribution in [0.4, 0.5) is 0 Å². The van der Waals surface area contributed by atoms with E-state index in [1.165, 1.54) is 38.5 Å². The lowest BCUT2D eigenvalue weighted by atomic mass is 10.0. The van der Waals surface area contributed by atoms with Crippen LogP contribution >= 0.6 is 0 Å². The first-order chi connectivity index (χ1) is 14.3. The molecule has 0 aliphatic rings. The smallest absolute Gasteiger partial charge is 0.305 e. The molecule has 4 heteroatoms. The van der Waals surface area contributed by atoms with E-state index in [9.17, 15) is 9.59 Å². The first-order valence-electron chi connectivity index (χ1n) is 12.6. The van der Waals surface area contributed by atoms with Crippen LogP contribution in [-0.2, 0) is 19.1 Å². The van der Waals surface area contributed by atoms with E-state index in [1.54, 1.807) is 0 Å². The average Bonchev–Trinajstić information content (AvgIpc) is 2.66. The molecule has 30 heavy (non-hydrogen) atoms. The van der Waals surface area contributed by atoms with E-state index >= 15 is 0 Å². The maximum Gasteiger partial charge on any atom is 0.305 e. The van der Waals surface area contributed by atoms with Crippen molar-refractivity contribution >= 4 is 11.9 Å². The van der Waals surface area contributed by atoms with Crippen molar-refractivity contribution in [1.82, 2.24) is 0 Å². The van der Waals surface area contributed by atoms with E-state index in [1.807, 2.05) is 0 Å². The van der Waals surface area contributed by atoms with Gasteiger partial charge in [-0.05, 0) is 43.4 Å². The van der Waals surface area contributed by atoms with Gasteiger partial charge in [0, 0.05) is 12.8 Å². The molecule has 4 nitrogen and oxygen atoms in total. The number of unbranched alkanes of at least 4 members (excludes halogenated alkanes) is 6. The fourth-order valence-electron chi connectivity index (χ4n) is 3.39. The van der Waals surface area contributed by atoms with Gasteiger partial charge in [0.1, 0.15) is 0 Å². The van der Waals surface area contributed by atoms with Gasteiger partial charge < -0.3 is 9.47 Å². The molecule has 0 amide bonds. The molecular weight excluding hydrogens is 376 g/mol. The lowest BCUT2D eigenvalue weighted by Crippen LogP contribution is -2.12. The van der Waals surface area contributed by atoms with Crippen molar-refractivity contribution in [2.45, 2.75) is 125 Å². The van der Waals surface area contributed by atoms with Crippen molar-refractivity contribution in [3.05, 3.63) is 0 Å². The number of carbonyl (C=O) groups is 2. The molecule has 0 aliphatic heterocycles. The molecule has 0 saturated heterocycles. The van der Waals surface area contributed by atoms with Crippen molar-refractivity contribution in [2.24, 2.45) is 17.8 Å². The van der Waals surface area contributed by atoms with Gasteiger partial charge in [0.25, 0.3) is 0 Å². The molecule has 0 spiro atoms. The van der Waals surface area contributed by atoms with Crippen LogP contribution < -0.4 is 0 Å². The maximum absolute atomic E-state index is 11.8. The Kier molecular flexibility index (Phi) is 19.2. The summed E-state index contributed by atoms with van der Waals surface area (Å²) >= 11 is 0. The van der Waals surface area contributed by atoms with Gasteiger partial charge in [-0.1, -0.05) is 86.0 Å². The van der Waals surface area contributed by atoms with Crippen molar-refractivity contribution in [3.63, 3.8) is 0 Å². The highest BCUT2D eigenvalue weighted by molar-refractivity contribution is 5.69. The Morgan fingerprint density at radius 3 is 1.27 bits per heavy atom. The first kappa shape index (κ1) is 28.9. The van der Waals surface area contributed by atoms with E-state index < -0.39 is 0 Å². The monoisotopic (exact) mass is 426 g/mol. The third-order valence-corrected chi connectivity index (χ3v) is 5.57. The molecule has 0 aliphatic carbocycles. The number of hydrogen-bond acceptors (Lipinski definition) is 4. The van der Waals surface area contributed by atoms with Gasteiger partial charge in [0.05, 0.1) is 13.2 Å². The van der Waals surface area contributed by atoms with Gasteiger partial charge in [0.2, 0.25) is 0 Å². The number of ether oxygens (including phenoxy) is 2. The Bertz CT molecular complexity index is 379. The Morgan fingerprint density at radius 2 is 0.900 bits per heavy atom. The van der Waals surface area contributed by atoms with Crippen molar-refractivity contribution in [3.8, 4) is 0 Å². The standard InChI is InChI=1S/C26H50O4/c1-22(2)14-10-6-8-12-16-25(27)29-20-18-24(5)19-21-30-26(28)17-13-9-7-11-15-23(3)4/h22-24H,6-21H2,1-5H3. The minimum Gasteiger partial charge on any atom is -0.466 e. The van der Waals surface area contributed by atoms with Gasteiger partial charge >= 0.3 is 11.9 Å². The fourth-order valence-corrected chi connectivity index (χ4v) is 3.39. The fraction of sp³-hybridized carbons (Fsp3) is 0.923. The van der Waals surface area contributed by atoms with Crippen LogP contribution in [0.1, 0.15) is 125 Å². The second-order valence-electron chi connectivity index (χ2n) is 9.82. The second kappa shape index (κ2) is 19.9. The summed E-state index contributed by atoms with van der Waals surface area (Å²) in [5.74, 6) is 1.77. The quantitative estimate of drug-likeness (QED) is 0.149. The lowest BCUT2D eigenvalue weighted by molar-refractivity contribution is -0.144. The largest absolute Gasteiger partial charge is 0.466 e. The predicted molar refractivity (Wildman–Crippen MR) is 125 cm³/mol. The van der Waals surface area contributed by atoms with Crippen LogP contribution in [0.5, 0.6) is 0 Å². The number of rotatable bonds is 20. The third kappa shape index (κ3) is 21.6. The van der Waals surface area contributed by atoms with E-state index in [4.69, 9.17) is 9.47 Å². The summed E-state index contributed by atoms with van der Waals surface area (Å²) < 4.78 is 10.7. The zero-order chi connectivity index (χ0) is 22.6. The Hall–Kier alpha value is -1.06. The topological polar surface area (TPSA) is 52.6 Å². The summed E-state index contributed by atoms with van der Waals surface area (Å²) in [4.78, 5) is 23.6. The van der Waals surface area contributed by atoms with Gasteiger partial charge in [-0.15, -0.1) is 0 Å². The molecule has 0 bridgehead atoms. The van der Waals surface area contributed by atoms with E-state index in [0.717, 1.165) is 50.4 Å². The van der Waals surface area contributed by atoms with Crippen molar-refractivity contribution in [2.75, 3.05) is 13.2 Å². The molecule has 0 N–H and O–H groups in total. The van der Waals surface area contributed by atoms with Gasteiger partial charge in [-0.2, -0.15) is 0 Å². The second-order valence-corrected chi connectivity index (χ2v) is 9.82. The third-order valence-electron chi connectivity index (χ3n) is 5.57. The number of hydrogen-bond donors (Lipinski definition) is 0. The van der Waals surface area contributed by atoms with E-state index in [-0.39, 0.29) is 11.9 Å². The summed E-state index contributed by atoms with van der Waals surface area (Å²) in [6.07, 6.45) is 14.3. The van der Waals surface area contributed by atoms with Crippen LogP contribution in [0, 0.1) is 17.8 Å². The lowest BCUT2D eigenvalue weighted by Gasteiger charge is -2.12. The molecule has 178 valence electrons.